The number of hydrogen-bond donors (Lipinski definition) is 2. The Balaban J connectivity index is 3.26. The standard InChI is InChI=1S/C17H33NO4S/c1-2-3-4-5-6-7-8-11-14-17(19)18-15-12-9-10-13-16-23(20,21)22/h2H,1,3-16H2,(H,18,19)(H,20,21,22). The number of allylic oxidation sites excluding steroid dienone is 1. The molecule has 23 heavy (non-hydrogen) atoms. The Morgan fingerprint density at radius 3 is 2.13 bits per heavy atom. The van der Waals surface area contributed by atoms with Gasteiger partial charge in [0.15, 0.2) is 0 Å². The lowest BCUT2D eigenvalue weighted by molar-refractivity contribution is -0.121. The summed E-state index contributed by atoms with van der Waals surface area (Å²) in [5, 5.41) is 2.89. The quantitative estimate of drug-likeness (QED) is 0.252. The van der Waals surface area contributed by atoms with Crippen LogP contribution < -0.4 is 5.32 Å². The fourth-order valence-corrected chi connectivity index (χ4v) is 2.93. The summed E-state index contributed by atoms with van der Waals surface area (Å²) in [7, 11) is -3.83. The van der Waals surface area contributed by atoms with Crippen LogP contribution >= 0.6 is 0 Å². The molecule has 0 aliphatic heterocycles. The zero-order valence-electron chi connectivity index (χ0n) is 14.3. The number of carbonyl (C=O) groups excluding carboxylic acids is 1. The summed E-state index contributed by atoms with van der Waals surface area (Å²) in [5.74, 6) is -0.0676. The van der Waals surface area contributed by atoms with Gasteiger partial charge in [0.1, 0.15) is 0 Å². The van der Waals surface area contributed by atoms with Gasteiger partial charge in [0.25, 0.3) is 10.1 Å². The van der Waals surface area contributed by atoms with Gasteiger partial charge in [0.05, 0.1) is 5.75 Å². The van der Waals surface area contributed by atoms with Crippen molar-refractivity contribution in [2.45, 2.75) is 77.0 Å². The average Bonchev–Trinajstić information content (AvgIpc) is 2.48. The first kappa shape index (κ1) is 22.1. The number of amides is 1. The molecular formula is C17H33NO4S. The van der Waals surface area contributed by atoms with E-state index in [9.17, 15) is 13.2 Å². The summed E-state index contributed by atoms with van der Waals surface area (Å²) in [4.78, 5) is 11.6. The first-order valence-electron chi connectivity index (χ1n) is 8.78. The van der Waals surface area contributed by atoms with E-state index in [0.29, 0.717) is 19.4 Å². The van der Waals surface area contributed by atoms with Crippen LogP contribution in [0.3, 0.4) is 0 Å². The summed E-state index contributed by atoms with van der Waals surface area (Å²) in [6.45, 7) is 4.35. The maximum Gasteiger partial charge on any atom is 0.264 e. The molecule has 0 saturated heterocycles. The van der Waals surface area contributed by atoms with Gasteiger partial charge in [-0.2, -0.15) is 8.42 Å². The van der Waals surface area contributed by atoms with Crippen molar-refractivity contribution in [3.05, 3.63) is 12.7 Å². The molecular weight excluding hydrogens is 314 g/mol. The predicted molar refractivity (Wildman–Crippen MR) is 95.0 cm³/mol. The Hall–Kier alpha value is -0.880. The van der Waals surface area contributed by atoms with Crippen molar-refractivity contribution in [1.82, 2.24) is 5.32 Å². The average molecular weight is 348 g/mol. The van der Waals surface area contributed by atoms with Gasteiger partial charge in [-0.05, 0) is 32.1 Å². The Labute approximate surface area is 141 Å². The van der Waals surface area contributed by atoms with Crippen LogP contribution in [0.15, 0.2) is 12.7 Å². The topological polar surface area (TPSA) is 83.5 Å². The molecule has 0 aromatic rings. The van der Waals surface area contributed by atoms with E-state index < -0.39 is 10.1 Å². The minimum Gasteiger partial charge on any atom is -0.356 e. The predicted octanol–water partition coefficient (Wildman–Crippen LogP) is 3.86. The van der Waals surface area contributed by atoms with E-state index in [0.717, 1.165) is 38.5 Å². The molecule has 0 aromatic carbocycles. The number of rotatable bonds is 16. The van der Waals surface area contributed by atoms with Crippen molar-refractivity contribution >= 4 is 16.0 Å². The maximum atomic E-state index is 11.6. The molecule has 1 amide bonds. The SMILES string of the molecule is C=CCCCCCCCCC(=O)NCCCCCCS(=O)(=O)O. The van der Waals surface area contributed by atoms with Crippen molar-refractivity contribution in [3.63, 3.8) is 0 Å². The van der Waals surface area contributed by atoms with Crippen molar-refractivity contribution in [3.8, 4) is 0 Å². The molecule has 0 unspecified atom stereocenters. The molecule has 0 aromatic heterocycles. The first-order valence-corrected chi connectivity index (χ1v) is 10.4. The normalized spacial score (nSPS) is 11.3. The van der Waals surface area contributed by atoms with E-state index in [1.807, 2.05) is 6.08 Å². The molecule has 0 heterocycles. The Bertz CT molecular complexity index is 407. The van der Waals surface area contributed by atoms with Crippen LogP contribution in [-0.2, 0) is 14.9 Å². The Morgan fingerprint density at radius 2 is 1.48 bits per heavy atom. The second-order valence-electron chi connectivity index (χ2n) is 6.00. The number of nitrogens with one attached hydrogen (secondary N) is 1. The highest BCUT2D eigenvalue weighted by Crippen LogP contribution is 2.08. The fourth-order valence-electron chi connectivity index (χ4n) is 2.36. The van der Waals surface area contributed by atoms with E-state index in [-0.39, 0.29) is 11.7 Å². The van der Waals surface area contributed by atoms with Crippen molar-refractivity contribution in [2.75, 3.05) is 12.3 Å². The highest BCUT2D eigenvalue weighted by Gasteiger charge is 2.03. The van der Waals surface area contributed by atoms with E-state index >= 15 is 0 Å². The van der Waals surface area contributed by atoms with Crippen LogP contribution in [-0.4, -0.2) is 31.2 Å². The number of hydrogen-bond acceptors (Lipinski definition) is 3. The molecule has 0 aliphatic carbocycles. The van der Waals surface area contributed by atoms with Crippen LogP contribution in [0, 0.1) is 0 Å². The van der Waals surface area contributed by atoms with Gasteiger partial charge in [0, 0.05) is 13.0 Å². The van der Waals surface area contributed by atoms with Crippen molar-refractivity contribution in [1.29, 1.82) is 0 Å². The molecule has 0 saturated carbocycles. The smallest absolute Gasteiger partial charge is 0.264 e. The molecule has 0 atom stereocenters. The zero-order chi connectivity index (χ0) is 17.4. The minimum absolute atomic E-state index is 0.106. The van der Waals surface area contributed by atoms with Crippen LogP contribution in [0.25, 0.3) is 0 Å². The van der Waals surface area contributed by atoms with Crippen molar-refractivity contribution in [2.24, 2.45) is 0 Å². The van der Waals surface area contributed by atoms with Gasteiger partial charge in [-0.1, -0.05) is 44.6 Å². The van der Waals surface area contributed by atoms with Gasteiger partial charge in [-0.3, -0.25) is 9.35 Å². The Kier molecular flexibility index (Phi) is 14.1. The summed E-state index contributed by atoms with van der Waals surface area (Å²) in [6.07, 6.45) is 13.5. The van der Waals surface area contributed by atoms with E-state index in [1.54, 1.807) is 0 Å². The van der Waals surface area contributed by atoms with Gasteiger partial charge in [-0.15, -0.1) is 6.58 Å². The fraction of sp³-hybridized carbons (Fsp3) is 0.824. The number of unbranched alkanes of at least 4 members (excludes halogenated alkanes) is 9. The molecule has 0 bridgehead atoms. The lowest BCUT2D eigenvalue weighted by atomic mass is 10.1. The third kappa shape index (κ3) is 19.1. The third-order valence-electron chi connectivity index (χ3n) is 3.71. The van der Waals surface area contributed by atoms with Crippen LogP contribution in [0.5, 0.6) is 0 Å². The third-order valence-corrected chi connectivity index (χ3v) is 4.52. The van der Waals surface area contributed by atoms with E-state index in [2.05, 4.69) is 11.9 Å². The second-order valence-corrected chi connectivity index (χ2v) is 7.57. The lowest BCUT2D eigenvalue weighted by Gasteiger charge is -2.05. The van der Waals surface area contributed by atoms with Crippen LogP contribution in [0.1, 0.15) is 77.0 Å². The number of carbonyl (C=O) groups is 1. The summed E-state index contributed by atoms with van der Waals surface area (Å²) < 4.78 is 29.6. The van der Waals surface area contributed by atoms with E-state index in [4.69, 9.17) is 4.55 Å². The van der Waals surface area contributed by atoms with Gasteiger partial charge >= 0.3 is 0 Å². The molecule has 6 heteroatoms. The molecule has 136 valence electrons. The lowest BCUT2D eigenvalue weighted by Crippen LogP contribution is -2.23. The highest BCUT2D eigenvalue weighted by atomic mass is 32.2. The second kappa shape index (κ2) is 14.7. The van der Waals surface area contributed by atoms with Crippen LogP contribution in [0.2, 0.25) is 0 Å². The monoisotopic (exact) mass is 347 g/mol. The maximum absolute atomic E-state index is 11.6. The molecule has 0 spiro atoms. The summed E-state index contributed by atoms with van der Waals surface area (Å²) in [5.41, 5.74) is 0. The molecule has 0 rings (SSSR count). The highest BCUT2D eigenvalue weighted by molar-refractivity contribution is 7.85. The van der Waals surface area contributed by atoms with Gasteiger partial charge in [0.2, 0.25) is 5.91 Å². The first-order chi connectivity index (χ1) is 11.0. The molecule has 5 nitrogen and oxygen atoms in total. The molecule has 0 aliphatic rings. The minimum atomic E-state index is -3.83. The van der Waals surface area contributed by atoms with Gasteiger partial charge < -0.3 is 5.32 Å². The van der Waals surface area contributed by atoms with Gasteiger partial charge in [-0.25, -0.2) is 0 Å². The summed E-state index contributed by atoms with van der Waals surface area (Å²) in [6, 6.07) is 0. The van der Waals surface area contributed by atoms with E-state index in [1.165, 1.54) is 25.7 Å². The zero-order valence-corrected chi connectivity index (χ0v) is 15.1. The Morgan fingerprint density at radius 1 is 0.913 bits per heavy atom. The largest absolute Gasteiger partial charge is 0.356 e. The van der Waals surface area contributed by atoms with Crippen molar-refractivity contribution < 1.29 is 17.8 Å². The summed E-state index contributed by atoms with van der Waals surface area (Å²) >= 11 is 0. The molecule has 0 radical (unpaired) electrons. The van der Waals surface area contributed by atoms with Crippen LogP contribution in [0.4, 0.5) is 0 Å². The molecule has 0 fully saturated rings. The molecule has 2 N–H and O–H groups in total.